The van der Waals surface area contributed by atoms with Gasteiger partial charge in [-0.3, -0.25) is 4.79 Å². The zero-order valence-electron chi connectivity index (χ0n) is 16.8. The van der Waals surface area contributed by atoms with E-state index in [9.17, 15) is 22.0 Å². The van der Waals surface area contributed by atoms with Crippen molar-refractivity contribution < 1.29 is 31.5 Å². The van der Waals surface area contributed by atoms with Gasteiger partial charge in [0.25, 0.3) is 0 Å². The molecule has 7 nitrogen and oxygen atoms in total. The fraction of sp³-hybridized carbons (Fsp3) is 0.350. The summed E-state index contributed by atoms with van der Waals surface area (Å²) in [6.07, 6.45) is 0.430. The number of carbonyl (C=O) groups is 1. The van der Waals surface area contributed by atoms with Crippen molar-refractivity contribution in [1.82, 2.24) is 4.31 Å². The molecule has 0 spiro atoms. The molecule has 0 aromatic heterocycles. The Morgan fingerprint density at radius 3 is 2.32 bits per heavy atom. The number of methoxy groups -OCH3 is 2. The molecule has 1 amide bonds. The summed E-state index contributed by atoms with van der Waals surface area (Å²) < 4.78 is 64.1. The second-order valence-electron chi connectivity index (χ2n) is 6.93. The third kappa shape index (κ3) is 4.91. The molecule has 168 valence electrons. The SMILES string of the molecule is COc1cc(Cl)c(NC(=O)C2CCN(S(=O)(=O)c3cc(F)ccc3F)CC2)cc1OC. The van der Waals surface area contributed by atoms with Gasteiger partial charge in [0.1, 0.15) is 16.5 Å². The summed E-state index contributed by atoms with van der Waals surface area (Å²) in [6, 6.07) is 5.33. The van der Waals surface area contributed by atoms with Gasteiger partial charge in [-0.2, -0.15) is 4.31 Å². The number of benzene rings is 2. The summed E-state index contributed by atoms with van der Waals surface area (Å²) >= 11 is 6.19. The van der Waals surface area contributed by atoms with Crippen molar-refractivity contribution in [2.45, 2.75) is 17.7 Å². The standard InChI is InChI=1S/C20H21ClF2N2O5S/c1-29-17-10-14(21)16(11-18(17)30-2)24-20(26)12-5-7-25(8-6-12)31(27,28)19-9-13(22)3-4-15(19)23/h3-4,9-12H,5-8H2,1-2H3,(H,24,26). The molecule has 1 N–H and O–H groups in total. The second-order valence-corrected chi connectivity index (χ2v) is 9.24. The number of hydrogen-bond acceptors (Lipinski definition) is 5. The van der Waals surface area contributed by atoms with Gasteiger partial charge < -0.3 is 14.8 Å². The molecule has 0 unspecified atom stereocenters. The number of sulfonamides is 1. The highest BCUT2D eigenvalue weighted by atomic mass is 35.5. The molecule has 2 aromatic carbocycles. The van der Waals surface area contributed by atoms with Crippen molar-refractivity contribution in [1.29, 1.82) is 0 Å². The minimum Gasteiger partial charge on any atom is -0.493 e. The molecule has 1 aliphatic heterocycles. The summed E-state index contributed by atoms with van der Waals surface area (Å²) in [6.45, 7) is -0.00786. The van der Waals surface area contributed by atoms with E-state index in [0.29, 0.717) is 23.3 Å². The average Bonchev–Trinajstić information content (AvgIpc) is 2.76. The predicted molar refractivity (Wildman–Crippen MR) is 111 cm³/mol. The number of amides is 1. The lowest BCUT2D eigenvalue weighted by Gasteiger charge is -2.30. The normalized spacial score (nSPS) is 15.5. The molecule has 1 fully saturated rings. The van der Waals surface area contributed by atoms with Crippen LogP contribution in [0.3, 0.4) is 0 Å². The summed E-state index contributed by atoms with van der Waals surface area (Å²) in [7, 11) is -1.30. The molecular formula is C20H21ClF2N2O5S. The number of halogens is 3. The van der Waals surface area contributed by atoms with Crippen molar-refractivity contribution in [2.75, 3.05) is 32.6 Å². The predicted octanol–water partition coefficient (Wildman–Crippen LogP) is 3.67. The van der Waals surface area contributed by atoms with Gasteiger partial charge in [-0.05, 0) is 31.0 Å². The molecule has 3 rings (SSSR count). The van der Waals surface area contributed by atoms with E-state index in [4.69, 9.17) is 21.1 Å². The number of rotatable bonds is 6. The van der Waals surface area contributed by atoms with E-state index in [1.54, 1.807) is 0 Å². The van der Waals surface area contributed by atoms with Crippen LogP contribution in [0.2, 0.25) is 5.02 Å². The minimum absolute atomic E-state index is 0.00393. The van der Waals surface area contributed by atoms with Gasteiger partial charge in [-0.15, -0.1) is 0 Å². The lowest BCUT2D eigenvalue weighted by Crippen LogP contribution is -2.41. The van der Waals surface area contributed by atoms with Crippen molar-refractivity contribution >= 4 is 33.2 Å². The number of carbonyl (C=O) groups excluding carboxylic acids is 1. The Bertz CT molecular complexity index is 1090. The van der Waals surface area contributed by atoms with E-state index < -0.39 is 32.5 Å². The molecule has 2 aromatic rings. The Balaban J connectivity index is 1.68. The van der Waals surface area contributed by atoms with E-state index in [1.807, 2.05) is 0 Å². The fourth-order valence-corrected chi connectivity index (χ4v) is 5.10. The van der Waals surface area contributed by atoms with Gasteiger partial charge >= 0.3 is 0 Å². The highest BCUT2D eigenvalue weighted by Crippen LogP contribution is 2.36. The minimum atomic E-state index is -4.21. The van der Waals surface area contributed by atoms with Crippen molar-refractivity contribution in [2.24, 2.45) is 5.92 Å². The molecule has 1 heterocycles. The van der Waals surface area contributed by atoms with Gasteiger partial charge in [0.15, 0.2) is 11.5 Å². The van der Waals surface area contributed by atoms with Crippen LogP contribution in [0, 0.1) is 17.6 Å². The lowest BCUT2D eigenvalue weighted by atomic mass is 9.97. The molecule has 0 atom stereocenters. The maximum atomic E-state index is 14.0. The van der Waals surface area contributed by atoms with Crippen LogP contribution >= 0.6 is 11.6 Å². The van der Waals surface area contributed by atoms with E-state index in [-0.39, 0.29) is 36.9 Å². The number of nitrogens with zero attached hydrogens (tertiary/aromatic N) is 1. The van der Waals surface area contributed by atoms with Crippen LogP contribution in [0.5, 0.6) is 11.5 Å². The van der Waals surface area contributed by atoms with Gasteiger partial charge in [0.05, 0.1) is 24.9 Å². The molecule has 0 aliphatic carbocycles. The number of hydrogen-bond donors (Lipinski definition) is 1. The first-order valence-corrected chi connectivity index (χ1v) is 11.2. The number of nitrogens with one attached hydrogen (secondary N) is 1. The maximum absolute atomic E-state index is 14.0. The topological polar surface area (TPSA) is 84.9 Å². The first kappa shape index (κ1) is 23.2. The number of anilines is 1. The van der Waals surface area contributed by atoms with Gasteiger partial charge in [-0.25, -0.2) is 17.2 Å². The number of piperidine rings is 1. The Morgan fingerprint density at radius 1 is 1.10 bits per heavy atom. The summed E-state index contributed by atoms with van der Waals surface area (Å²) in [4.78, 5) is 12.0. The van der Waals surface area contributed by atoms with Crippen LogP contribution in [-0.2, 0) is 14.8 Å². The Morgan fingerprint density at radius 2 is 1.71 bits per heavy atom. The lowest BCUT2D eigenvalue weighted by molar-refractivity contribution is -0.120. The summed E-state index contributed by atoms with van der Waals surface area (Å²) in [5.41, 5.74) is 0.334. The van der Waals surface area contributed by atoms with Crippen LogP contribution in [-0.4, -0.2) is 45.9 Å². The summed E-state index contributed by atoms with van der Waals surface area (Å²) in [5.74, 6) is -1.88. The van der Waals surface area contributed by atoms with Crippen molar-refractivity contribution in [3.8, 4) is 11.5 Å². The average molecular weight is 475 g/mol. The van der Waals surface area contributed by atoms with Gasteiger partial charge in [0, 0.05) is 31.1 Å². The third-order valence-electron chi connectivity index (χ3n) is 5.07. The van der Waals surface area contributed by atoms with Crippen molar-refractivity contribution in [3.05, 3.63) is 47.0 Å². The maximum Gasteiger partial charge on any atom is 0.246 e. The Hall–Kier alpha value is -2.43. The highest BCUT2D eigenvalue weighted by molar-refractivity contribution is 7.89. The van der Waals surface area contributed by atoms with Crippen molar-refractivity contribution in [3.63, 3.8) is 0 Å². The van der Waals surface area contributed by atoms with E-state index in [0.717, 1.165) is 16.4 Å². The molecule has 0 radical (unpaired) electrons. The van der Waals surface area contributed by atoms with Crippen LogP contribution in [0.4, 0.5) is 14.5 Å². The van der Waals surface area contributed by atoms with E-state index in [1.165, 1.54) is 26.4 Å². The largest absolute Gasteiger partial charge is 0.493 e. The first-order valence-electron chi connectivity index (χ1n) is 9.35. The van der Waals surface area contributed by atoms with Crippen LogP contribution in [0.1, 0.15) is 12.8 Å². The molecule has 31 heavy (non-hydrogen) atoms. The molecule has 0 bridgehead atoms. The second kappa shape index (κ2) is 9.37. The van der Waals surface area contributed by atoms with E-state index in [2.05, 4.69) is 5.32 Å². The van der Waals surface area contributed by atoms with E-state index >= 15 is 0 Å². The Kier molecular flexibility index (Phi) is 7.03. The summed E-state index contributed by atoms with van der Waals surface area (Å²) in [5, 5.41) is 2.98. The van der Waals surface area contributed by atoms with Crippen LogP contribution in [0.25, 0.3) is 0 Å². The zero-order valence-corrected chi connectivity index (χ0v) is 18.4. The fourth-order valence-electron chi connectivity index (χ4n) is 3.36. The molecule has 1 aliphatic rings. The van der Waals surface area contributed by atoms with Crippen LogP contribution < -0.4 is 14.8 Å². The molecule has 1 saturated heterocycles. The Labute approximate surface area is 183 Å². The van der Waals surface area contributed by atoms with Crippen LogP contribution in [0.15, 0.2) is 35.2 Å². The highest BCUT2D eigenvalue weighted by Gasteiger charge is 2.34. The molecule has 11 heteroatoms. The molecular weight excluding hydrogens is 454 g/mol. The number of ether oxygens (including phenoxy) is 2. The smallest absolute Gasteiger partial charge is 0.246 e. The first-order chi connectivity index (χ1) is 14.7. The van der Waals surface area contributed by atoms with Gasteiger partial charge in [0.2, 0.25) is 15.9 Å². The molecule has 0 saturated carbocycles. The monoisotopic (exact) mass is 474 g/mol. The quantitative estimate of drug-likeness (QED) is 0.690. The third-order valence-corrected chi connectivity index (χ3v) is 7.29. The zero-order chi connectivity index (χ0) is 22.8. The van der Waals surface area contributed by atoms with Gasteiger partial charge in [-0.1, -0.05) is 11.6 Å².